The van der Waals surface area contributed by atoms with Crippen LogP contribution in [-0.4, -0.2) is 80.1 Å². The van der Waals surface area contributed by atoms with Gasteiger partial charge in [-0.2, -0.15) is 0 Å². The fourth-order valence-electron chi connectivity index (χ4n) is 3.56. The van der Waals surface area contributed by atoms with E-state index in [-0.39, 0.29) is 5.82 Å². The van der Waals surface area contributed by atoms with Gasteiger partial charge in [0.15, 0.2) is 5.96 Å². The number of nitrogens with one attached hydrogen (secondary N) is 3. The summed E-state index contributed by atoms with van der Waals surface area (Å²) in [7, 11) is 1.80. The maximum atomic E-state index is 13.3. The number of likely N-dealkylation sites (N-methyl/N-ethyl adjacent to an activating group) is 1. The Bertz CT molecular complexity index is 748. The van der Waals surface area contributed by atoms with Crippen molar-refractivity contribution in [1.82, 2.24) is 25.4 Å². The number of benzene rings is 1. The van der Waals surface area contributed by atoms with Gasteiger partial charge in [0.05, 0.1) is 0 Å². The van der Waals surface area contributed by atoms with Gasteiger partial charge >= 0.3 is 0 Å². The molecule has 0 saturated carbocycles. The van der Waals surface area contributed by atoms with E-state index < -0.39 is 0 Å². The molecule has 27 heavy (non-hydrogen) atoms. The summed E-state index contributed by atoms with van der Waals surface area (Å²) in [6, 6.07) is 4.88. The maximum Gasteiger partial charge on any atom is 0.191 e. The third-order valence-corrected chi connectivity index (χ3v) is 5.27. The number of hydrogen-bond donors (Lipinski definition) is 3. The SMILES string of the molecule is CCN1CCN(CCNC(=NC)NCCc2c[nH]c3cc(F)ccc23)CC1. The van der Waals surface area contributed by atoms with E-state index in [0.29, 0.717) is 0 Å². The molecule has 1 aromatic heterocycles. The Morgan fingerprint density at radius 2 is 1.89 bits per heavy atom. The number of aromatic nitrogens is 1. The van der Waals surface area contributed by atoms with Crippen molar-refractivity contribution in [1.29, 1.82) is 0 Å². The Hall–Kier alpha value is -2.12. The molecule has 0 amide bonds. The Morgan fingerprint density at radius 3 is 2.63 bits per heavy atom. The highest BCUT2D eigenvalue weighted by Crippen LogP contribution is 2.19. The van der Waals surface area contributed by atoms with Crippen LogP contribution in [0.5, 0.6) is 0 Å². The minimum Gasteiger partial charge on any atom is -0.361 e. The van der Waals surface area contributed by atoms with Crippen LogP contribution in [0.25, 0.3) is 10.9 Å². The molecular formula is C20H31FN6. The highest BCUT2D eigenvalue weighted by atomic mass is 19.1. The smallest absolute Gasteiger partial charge is 0.191 e. The topological polar surface area (TPSA) is 58.7 Å². The quantitative estimate of drug-likeness (QED) is 0.510. The number of rotatable bonds is 7. The molecule has 3 N–H and O–H groups in total. The molecule has 1 aromatic carbocycles. The lowest BCUT2D eigenvalue weighted by Crippen LogP contribution is -2.49. The van der Waals surface area contributed by atoms with Gasteiger partial charge in [0, 0.05) is 70.0 Å². The van der Waals surface area contributed by atoms with Gasteiger partial charge in [-0.05, 0) is 36.7 Å². The number of hydrogen-bond acceptors (Lipinski definition) is 3. The molecule has 0 bridgehead atoms. The van der Waals surface area contributed by atoms with Gasteiger partial charge < -0.3 is 20.5 Å². The molecule has 0 unspecified atom stereocenters. The molecule has 1 aliphatic heterocycles. The second-order valence-corrected chi connectivity index (χ2v) is 6.96. The summed E-state index contributed by atoms with van der Waals surface area (Å²) in [5.41, 5.74) is 2.03. The van der Waals surface area contributed by atoms with E-state index in [2.05, 4.69) is 37.3 Å². The maximum absolute atomic E-state index is 13.3. The van der Waals surface area contributed by atoms with E-state index in [1.54, 1.807) is 7.05 Å². The largest absolute Gasteiger partial charge is 0.361 e. The van der Waals surface area contributed by atoms with E-state index in [9.17, 15) is 4.39 Å². The number of fused-ring (bicyclic) bond motifs is 1. The van der Waals surface area contributed by atoms with Gasteiger partial charge in [0.1, 0.15) is 5.82 Å². The first-order valence-corrected chi connectivity index (χ1v) is 9.84. The Balaban J connectivity index is 1.38. The summed E-state index contributed by atoms with van der Waals surface area (Å²) >= 11 is 0. The average Bonchev–Trinajstić information content (AvgIpc) is 3.09. The van der Waals surface area contributed by atoms with Crippen LogP contribution in [0.4, 0.5) is 4.39 Å². The van der Waals surface area contributed by atoms with Crippen molar-refractivity contribution in [3.8, 4) is 0 Å². The standard InChI is InChI=1S/C20H31FN6/c1-3-26-10-12-27(13-11-26)9-8-24-20(22-2)23-7-6-16-15-25-19-14-17(21)4-5-18(16)19/h4-5,14-15,25H,3,6-13H2,1-2H3,(H2,22,23,24). The molecule has 0 radical (unpaired) electrons. The predicted molar refractivity (Wildman–Crippen MR) is 110 cm³/mol. The van der Waals surface area contributed by atoms with Crippen molar-refractivity contribution in [3.63, 3.8) is 0 Å². The second-order valence-electron chi connectivity index (χ2n) is 6.96. The van der Waals surface area contributed by atoms with Crippen LogP contribution in [-0.2, 0) is 6.42 Å². The van der Waals surface area contributed by atoms with Crippen LogP contribution in [0.1, 0.15) is 12.5 Å². The van der Waals surface area contributed by atoms with Crippen LogP contribution in [0.15, 0.2) is 29.4 Å². The average molecular weight is 375 g/mol. The zero-order chi connectivity index (χ0) is 19.1. The first-order chi connectivity index (χ1) is 13.2. The Morgan fingerprint density at radius 1 is 1.15 bits per heavy atom. The van der Waals surface area contributed by atoms with Gasteiger partial charge in [-0.25, -0.2) is 4.39 Å². The summed E-state index contributed by atoms with van der Waals surface area (Å²) in [6.45, 7) is 10.7. The van der Waals surface area contributed by atoms with Crippen molar-refractivity contribution in [2.75, 3.05) is 59.4 Å². The van der Waals surface area contributed by atoms with Crippen LogP contribution in [0.3, 0.4) is 0 Å². The molecule has 0 spiro atoms. The van der Waals surface area contributed by atoms with Gasteiger partial charge in [0.25, 0.3) is 0 Å². The van der Waals surface area contributed by atoms with Crippen molar-refractivity contribution in [3.05, 3.63) is 35.8 Å². The monoisotopic (exact) mass is 374 g/mol. The van der Waals surface area contributed by atoms with Crippen LogP contribution >= 0.6 is 0 Å². The summed E-state index contributed by atoms with van der Waals surface area (Å²) in [5, 5.41) is 7.83. The lowest BCUT2D eigenvalue weighted by molar-refractivity contribution is 0.139. The molecule has 6 nitrogen and oxygen atoms in total. The molecular weight excluding hydrogens is 343 g/mol. The molecule has 7 heteroatoms. The lowest BCUT2D eigenvalue weighted by Gasteiger charge is -2.34. The number of aliphatic imine (C=N–C) groups is 1. The Kier molecular flexibility index (Phi) is 7.06. The van der Waals surface area contributed by atoms with E-state index in [4.69, 9.17) is 0 Å². The third kappa shape index (κ3) is 5.43. The van der Waals surface area contributed by atoms with Gasteiger partial charge in [-0.1, -0.05) is 6.92 Å². The first kappa shape index (κ1) is 19.6. The van der Waals surface area contributed by atoms with Crippen LogP contribution < -0.4 is 10.6 Å². The molecule has 1 aliphatic rings. The molecule has 2 heterocycles. The molecule has 0 aliphatic carbocycles. The van der Waals surface area contributed by atoms with Crippen LogP contribution in [0.2, 0.25) is 0 Å². The van der Waals surface area contributed by atoms with Crippen molar-refractivity contribution in [2.24, 2.45) is 4.99 Å². The summed E-state index contributed by atoms with van der Waals surface area (Å²) in [5.74, 6) is 0.614. The molecule has 1 saturated heterocycles. The molecule has 0 atom stereocenters. The van der Waals surface area contributed by atoms with E-state index >= 15 is 0 Å². The van der Waals surface area contributed by atoms with E-state index in [1.807, 2.05) is 12.3 Å². The second kappa shape index (κ2) is 9.71. The van der Waals surface area contributed by atoms with E-state index in [0.717, 1.165) is 75.6 Å². The number of H-pyrrole nitrogens is 1. The number of aromatic amines is 1. The van der Waals surface area contributed by atoms with Crippen molar-refractivity contribution < 1.29 is 4.39 Å². The third-order valence-electron chi connectivity index (χ3n) is 5.27. The zero-order valence-electron chi connectivity index (χ0n) is 16.4. The molecule has 1 fully saturated rings. The minimum absolute atomic E-state index is 0.213. The Labute approximate surface area is 160 Å². The first-order valence-electron chi connectivity index (χ1n) is 9.84. The molecule has 2 aromatic rings. The normalized spacial score (nSPS) is 16.8. The van der Waals surface area contributed by atoms with Crippen molar-refractivity contribution in [2.45, 2.75) is 13.3 Å². The van der Waals surface area contributed by atoms with Gasteiger partial charge in [0.2, 0.25) is 0 Å². The summed E-state index contributed by atoms with van der Waals surface area (Å²) < 4.78 is 13.3. The fourth-order valence-corrected chi connectivity index (χ4v) is 3.56. The number of guanidine groups is 1. The minimum atomic E-state index is -0.213. The van der Waals surface area contributed by atoms with E-state index in [1.165, 1.54) is 17.7 Å². The number of piperazine rings is 1. The summed E-state index contributed by atoms with van der Waals surface area (Å²) in [6.07, 6.45) is 2.81. The number of nitrogens with zero attached hydrogens (tertiary/aromatic N) is 3. The molecule has 148 valence electrons. The number of halogens is 1. The van der Waals surface area contributed by atoms with Gasteiger partial charge in [-0.15, -0.1) is 0 Å². The summed E-state index contributed by atoms with van der Waals surface area (Å²) in [4.78, 5) is 12.4. The zero-order valence-corrected chi connectivity index (χ0v) is 16.4. The van der Waals surface area contributed by atoms with Gasteiger partial charge in [-0.3, -0.25) is 9.89 Å². The van der Waals surface area contributed by atoms with Crippen molar-refractivity contribution >= 4 is 16.9 Å². The lowest BCUT2D eigenvalue weighted by atomic mass is 10.1. The van der Waals surface area contributed by atoms with Crippen LogP contribution in [0, 0.1) is 5.82 Å². The fraction of sp³-hybridized carbons (Fsp3) is 0.550. The molecule has 3 rings (SSSR count). The highest BCUT2D eigenvalue weighted by molar-refractivity contribution is 5.83. The predicted octanol–water partition coefficient (Wildman–Crippen LogP) is 1.65. The highest BCUT2D eigenvalue weighted by Gasteiger charge is 2.14.